The van der Waals surface area contributed by atoms with Gasteiger partial charge in [0.25, 0.3) is 0 Å². The van der Waals surface area contributed by atoms with Gasteiger partial charge in [-0.3, -0.25) is 0 Å². The molecule has 0 saturated heterocycles. The van der Waals surface area contributed by atoms with Crippen molar-refractivity contribution in [3.63, 3.8) is 0 Å². The van der Waals surface area contributed by atoms with Gasteiger partial charge >= 0.3 is 7.82 Å². The van der Waals surface area contributed by atoms with Gasteiger partial charge < -0.3 is 14.7 Å². The standard InChI is InChI=1S/Fe.H3O4P.H2S/c;1-5(2,3)4;/h;(H3,1,2,3,4);1H2. The van der Waals surface area contributed by atoms with E-state index >= 15 is 0 Å². The van der Waals surface area contributed by atoms with Crippen LogP contribution in [0.1, 0.15) is 0 Å². The molecule has 0 unspecified atom stereocenters. The molecule has 3 N–H and O–H groups in total. The molecule has 0 aromatic rings. The molecule has 0 aromatic heterocycles. The quantitative estimate of drug-likeness (QED) is 0.342. The fourth-order valence-electron chi connectivity index (χ4n) is 0. The van der Waals surface area contributed by atoms with Crippen molar-refractivity contribution in [2.45, 2.75) is 0 Å². The van der Waals surface area contributed by atoms with Crippen LogP contribution in [-0.4, -0.2) is 14.7 Å². The normalized spacial score (nSPS) is 8.43. The van der Waals surface area contributed by atoms with E-state index < -0.39 is 7.82 Å². The Labute approximate surface area is 58.1 Å². The summed E-state index contributed by atoms with van der Waals surface area (Å²) in [6.45, 7) is 0. The summed E-state index contributed by atoms with van der Waals surface area (Å²) in [7, 11) is -4.64. The molecule has 0 aliphatic carbocycles. The summed E-state index contributed by atoms with van der Waals surface area (Å²) in [5.74, 6) is 0. The monoisotopic (exact) mass is 188 g/mol. The summed E-state index contributed by atoms with van der Waals surface area (Å²) in [5, 5.41) is 0. The Balaban J connectivity index is -0.0000000800. The van der Waals surface area contributed by atoms with Crippen molar-refractivity contribution in [2.75, 3.05) is 0 Å². The van der Waals surface area contributed by atoms with E-state index in [0.29, 0.717) is 0 Å². The molecule has 4 nitrogen and oxygen atoms in total. The van der Waals surface area contributed by atoms with Gasteiger partial charge in [0, 0.05) is 17.1 Å². The molecule has 0 spiro atoms. The van der Waals surface area contributed by atoms with Crippen molar-refractivity contribution in [3.05, 3.63) is 0 Å². The molecular formula is H5FeO4PS. The molecule has 0 rings (SSSR count). The average molecular weight is 188 g/mol. The maximum absolute atomic E-state index is 8.88. The van der Waals surface area contributed by atoms with Gasteiger partial charge in [0.1, 0.15) is 0 Å². The van der Waals surface area contributed by atoms with Crippen molar-refractivity contribution in [1.29, 1.82) is 0 Å². The van der Waals surface area contributed by atoms with Gasteiger partial charge in [-0.05, 0) is 0 Å². The van der Waals surface area contributed by atoms with Gasteiger partial charge in [-0.1, -0.05) is 0 Å². The summed E-state index contributed by atoms with van der Waals surface area (Å²) in [6, 6.07) is 0. The number of phosphoric acid groups is 1. The summed E-state index contributed by atoms with van der Waals surface area (Å²) in [6.07, 6.45) is 0. The minimum absolute atomic E-state index is 0. The SMILES string of the molecule is O=P(O)(O)O.S.[Fe]. The molecule has 0 fully saturated rings. The zero-order valence-electron chi connectivity index (χ0n) is 3.05. The van der Waals surface area contributed by atoms with Crippen LogP contribution in [-0.2, 0) is 21.6 Å². The van der Waals surface area contributed by atoms with Crippen LogP contribution in [0.15, 0.2) is 0 Å². The molecule has 0 atom stereocenters. The molecule has 0 aliphatic heterocycles. The van der Waals surface area contributed by atoms with Gasteiger partial charge in [0.15, 0.2) is 0 Å². The van der Waals surface area contributed by atoms with E-state index in [0.717, 1.165) is 0 Å². The Kier molecular flexibility index (Phi) is 11.5. The van der Waals surface area contributed by atoms with E-state index in [2.05, 4.69) is 0 Å². The largest absolute Gasteiger partial charge is 0.466 e. The molecule has 0 aliphatic rings. The van der Waals surface area contributed by atoms with Crippen molar-refractivity contribution < 1.29 is 36.3 Å². The smallest absolute Gasteiger partial charge is 0.303 e. The zero-order valence-corrected chi connectivity index (χ0v) is 6.05. The molecule has 48 valence electrons. The molecule has 7 heteroatoms. The minimum atomic E-state index is -4.64. The topological polar surface area (TPSA) is 77.8 Å². The van der Waals surface area contributed by atoms with E-state index in [-0.39, 0.29) is 30.6 Å². The Bertz CT molecular complexity index is 57.8. The first-order valence-electron chi connectivity index (χ1n) is 0.783. The van der Waals surface area contributed by atoms with Crippen molar-refractivity contribution in [1.82, 2.24) is 0 Å². The first-order chi connectivity index (χ1) is 2.00. The Morgan fingerprint density at radius 2 is 1.14 bits per heavy atom. The maximum atomic E-state index is 8.88. The van der Waals surface area contributed by atoms with Crippen molar-refractivity contribution >= 4 is 21.3 Å². The van der Waals surface area contributed by atoms with Crippen molar-refractivity contribution in [3.8, 4) is 0 Å². The summed E-state index contributed by atoms with van der Waals surface area (Å²) in [5.41, 5.74) is 0. The first-order valence-corrected chi connectivity index (χ1v) is 2.35. The van der Waals surface area contributed by atoms with E-state index in [1.54, 1.807) is 0 Å². The maximum Gasteiger partial charge on any atom is 0.466 e. The van der Waals surface area contributed by atoms with Gasteiger partial charge in [-0.15, -0.1) is 0 Å². The summed E-state index contributed by atoms with van der Waals surface area (Å²) >= 11 is 0. The van der Waals surface area contributed by atoms with Gasteiger partial charge in [-0.2, -0.15) is 13.5 Å². The van der Waals surface area contributed by atoms with E-state index in [4.69, 9.17) is 19.2 Å². The number of hydrogen-bond acceptors (Lipinski definition) is 1. The van der Waals surface area contributed by atoms with Crippen LogP contribution < -0.4 is 0 Å². The second-order valence-electron chi connectivity index (χ2n) is 0.513. The van der Waals surface area contributed by atoms with Gasteiger partial charge in [-0.25, -0.2) is 4.57 Å². The minimum Gasteiger partial charge on any atom is -0.303 e. The fourth-order valence-corrected chi connectivity index (χ4v) is 0. The van der Waals surface area contributed by atoms with Gasteiger partial charge in [0.2, 0.25) is 0 Å². The fraction of sp³-hybridized carbons (Fsp3) is 0. The van der Waals surface area contributed by atoms with Gasteiger partial charge in [0.05, 0.1) is 0 Å². The number of hydrogen-bond donors (Lipinski definition) is 3. The zero-order chi connectivity index (χ0) is 4.50. The van der Waals surface area contributed by atoms with E-state index in [1.807, 2.05) is 0 Å². The molecule has 0 amide bonds. The van der Waals surface area contributed by atoms with E-state index in [1.165, 1.54) is 0 Å². The molecule has 0 heterocycles. The van der Waals surface area contributed by atoms with Crippen LogP contribution in [0.5, 0.6) is 0 Å². The van der Waals surface area contributed by atoms with Crippen LogP contribution >= 0.6 is 21.3 Å². The Morgan fingerprint density at radius 1 is 1.14 bits per heavy atom. The Morgan fingerprint density at radius 3 is 1.14 bits per heavy atom. The van der Waals surface area contributed by atoms with E-state index in [9.17, 15) is 0 Å². The molecule has 0 radical (unpaired) electrons. The van der Waals surface area contributed by atoms with Crippen LogP contribution in [0, 0.1) is 0 Å². The summed E-state index contributed by atoms with van der Waals surface area (Å²) in [4.78, 5) is 21.6. The third kappa shape index (κ3) is 180. The molecule has 7 heavy (non-hydrogen) atoms. The average Bonchev–Trinajstić information content (AvgIpc) is 0.722. The number of rotatable bonds is 0. The van der Waals surface area contributed by atoms with Crippen LogP contribution in [0.4, 0.5) is 0 Å². The third-order valence-corrected chi connectivity index (χ3v) is 0. The first kappa shape index (κ1) is 15.7. The second-order valence-corrected chi connectivity index (χ2v) is 1.54. The molecule has 0 aromatic carbocycles. The second kappa shape index (κ2) is 5.12. The predicted octanol–water partition coefficient (Wildman–Crippen LogP) is -0.818. The third-order valence-electron chi connectivity index (χ3n) is 0. The molecule has 0 bridgehead atoms. The molecular weight excluding hydrogens is 183 g/mol. The van der Waals surface area contributed by atoms with Crippen LogP contribution in [0.25, 0.3) is 0 Å². The molecule has 0 saturated carbocycles. The predicted molar refractivity (Wildman–Crippen MR) is 24.6 cm³/mol. The Hall–Kier alpha value is 0.979. The van der Waals surface area contributed by atoms with Crippen LogP contribution in [0.2, 0.25) is 0 Å². The van der Waals surface area contributed by atoms with Crippen molar-refractivity contribution in [2.24, 2.45) is 0 Å². The van der Waals surface area contributed by atoms with Crippen LogP contribution in [0.3, 0.4) is 0 Å². The summed E-state index contributed by atoms with van der Waals surface area (Å²) < 4.78 is 8.88.